The summed E-state index contributed by atoms with van der Waals surface area (Å²) in [6.07, 6.45) is 10.7. The summed E-state index contributed by atoms with van der Waals surface area (Å²) in [6, 6.07) is 0. The molecular formula is C30H46O3. The van der Waals surface area contributed by atoms with Crippen LogP contribution in [0.5, 0.6) is 0 Å². The van der Waals surface area contributed by atoms with E-state index in [0.717, 1.165) is 51.4 Å². The zero-order valence-corrected chi connectivity index (χ0v) is 22.2. The summed E-state index contributed by atoms with van der Waals surface area (Å²) in [5.41, 5.74) is -0.324. The van der Waals surface area contributed by atoms with Gasteiger partial charge in [0.25, 0.3) is 0 Å². The first-order valence-electron chi connectivity index (χ1n) is 14.1. The minimum atomic E-state index is -0.287. The number of carbonyl (C=O) groups is 2. The largest absolute Gasteiger partial charge is 0.458 e. The fourth-order valence-electron chi connectivity index (χ4n) is 12.0. The van der Waals surface area contributed by atoms with E-state index in [4.69, 9.17) is 4.74 Å². The SMILES string of the molecule is CC1CCC23CCC4(C)C5(C)CCC6C(C)(C)C(=O)CCC6(C)C5CCC4(OC2=O)C3C1C. The van der Waals surface area contributed by atoms with Gasteiger partial charge < -0.3 is 4.74 Å². The van der Waals surface area contributed by atoms with Gasteiger partial charge in [-0.3, -0.25) is 9.59 Å². The number of Topliss-reactive ketones (excluding diaryl/α,β-unsaturated/α-hetero) is 1. The molecule has 5 aliphatic carbocycles. The van der Waals surface area contributed by atoms with E-state index in [9.17, 15) is 9.59 Å². The Morgan fingerprint density at radius 3 is 2.21 bits per heavy atom. The second kappa shape index (κ2) is 6.28. The molecule has 10 atom stereocenters. The molecule has 2 bridgehead atoms. The standard InChI is InChI=1S/C30H46O3/c1-18-8-14-29-17-16-28(7)27(6)13-9-20-25(3,4)22(31)11-12-26(20,5)21(27)10-15-30(28,33-24(29)32)23(29)19(18)2/h18-21,23H,8-17H2,1-7H3. The predicted molar refractivity (Wildman–Crippen MR) is 129 cm³/mol. The number of fused-ring (bicyclic) bond motifs is 4. The lowest BCUT2D eigenvalue weighted by molar-refractivity contribution is -0.282. The molecule has 5 saturated carbocycles. The Kier molecular flexibility index (Phi) is 4.30. The minimum absolute atomic E-state index is 0.0220. The van der Waals surface area contributed by atoms with Crippen molar-refractivity contribution < 1.29 is 14.3 Å². The van der Waals surface area contributed by atoms with Gasteiger partial charge in [0.05, 0.1) is 5.41 Å². The lowest BCUT2D eigenvalue weighted by Gasteiger charge is -2.73. The van der Waals surface area contributed by atoms with Crippen molar-refractivity contribution in [3.05, 3.63) is 0 Å². The molecule has 1 aliphatic heterocycles. The second-order valence-electron chi connectivity index (χ2n) is 14.9. The highest BCUT2D eigenvalue weighted by Crippen LogP contribution is 2.80. The molecule has 3 heteroatoms. The van der Waals surface area contributed by atoms with E-state index in [1.54, 1.807) is 0 Å². The molecule has 0 radical (unpaired) electrons. The Morgan fingerprint density at radius 1 is 0.788 bits per heavy atom. The molecule has 184 valence electrons. The van der Waals surface area contributed by atoms with Crippen molar-refractivity contribution in [3.8, 4) is 0 Å². The third-order valence-electron chi connectivity index (χ3n) is 14.1. The zero-order valence-electron chi connectivity index (χ0n) is 22.2. The molecule has 0 N–H and O–H groups in total. The van der Waals surface area contributed by atoms with Crippen LogP contribution in [-0.2, 0) is 14.3 Å². The lowest BCUT2D eigenvalue weighted by Crippen LogP contribution is -2.72. The Morgan fingerprint density at radius 2 is 1.48 bits per heavy atom. The van der Waals surface area contributed by atoms with Crippen molar-refractivity contribution in [1.82, 2.24) is 0 Å². The topological polar surface area (TPSA) is 43.4 Å². The van der Waals surface area contributed by atoms with Gasteiger partial charge in [-0.1, -0.05) is 48.5 Å². The molecular weight excluding hydrogens is 408 g/mol. The number of esters is 1. The van der Waals surface area contributed by atoms with Gasteiger partial charge >= 0.3 is 5.97 Å². The number of ketones is 1. The summed E-state index contributed by atoms with van der Waals surface area (Å²) in [5, 5.41) is 0. The highest BCUT2D eigenvalue weighted by molar-refractivity contribution is 5.85. The highest BCUT2D eigenvalue weighted by Gasteiger charge is 2.81. The molecule has 6 fully saturated rings. The number of hydrogen-bond donors (Lipinski definition) is 0. The Hall–Kier alpha value is -0.860. The summed E-state index contributed by atoms with van der Waals surface area (Å²) >= 11 is 0. The fraction of sp³-hybridized carbons (Fsp3) is 0.933. The van der Waals surface area contributed by atoms with Crippen LogP contribution < -0.4 is 0 Å². The molecule has 1 spiro atoms. The molecule has 0 aromatic rings. The summed E-state index contributed by atoms with van der Waals surface area (Å²) < 4.78 is 6.78. The van der Waals surface area contributed by atoms with Crippen LogP contribution in [-0.4, -0.2) is 17.4 Å². The van der Waals surface area contributed by atoms with Crippen LogP contribution in [0.3, 0.4) is 0 Å². The maximum Gasteiger partial charge on any atom is 0.313 e. The maximum absolute atomic E-state index is 13.7. The summed E-state index contributed by atoms with van der Waals surface area (Å²) in [7, 11) is 0. The average molecular weight is 455 g/mol. The van der Waals surface area contributed by atoms with Gasteiger partial charge in [0.2, 0.25) is 0 Å². The van der Waals surface area contributed by atoms with E-state index in [1.165, 1.54) is 12.8 Å². The normalized spacial score (nSPS) is 59.1. The summed E-state index contributed by atoms with van der Waals surface area (Å²) in [6.45, 7) is 16.9. The molecule has 10 unspecified atom stereocenters. The van der Waals surface area contributed by atoms with Gasteiger partial charge in [0.15, 0.2) is 0 Å². The van der Waals surface area contributed by atoms with E-state index in [1.807, 2.05) is 0 Å². The lowest BCUT2D eigenvalue weighted by atomic mass is 9.30. The molecule has 0 aromatic carbocycles. The van der Waals surface area contributed by atoms with Gasteiger partial charge in [0, 0.05) is 23.2 Å². The predicted octanol–water partition coefficient (Wildman–Crippen LogP) is 6.97. The van der Waals surface area contributed by atoms with Crippen LogP contribution in [0, 0.1) is 56.7 Å². The van der Waals surface area contributed by atoms with Crippen molar-refractivity contribution >= 4 is 11.8 Å². The van der Waals surface area contributed by atoms with Gasteiger partial charge in [-0.05, 0) is 92.3 Å². The number of ether oxygens (including phenoxy) is 1. The van der Waals surface area contributed by atoms with Gasteiger partial charge in [-0.25, -0.2) is 0 Å². The van der Waals surface area contributed by atoms with E-state index in [0.29, 0.717) is 35.4 Å². The second-order valence-corrected chi connectivity index (χ2v) is 14.9. The first-order valence-corrected chi connectivity index (χ1v) is 14.1. The smallest absolute Gasteiger partial charge is 0.313 e. The Balaban J connectivity index is 1.47. The molecule has 33 heavy (non-hydrogen) atoms. The first-order chi connectivity index (χ1) is 15.3. The monoisotopic (exact) mass is 454 g/mol. The molecule has 0 amide bonds. The average Bonchev–Trinajstić information content (AvgIpc) is 2.95. The third-order valence-corrected chi connectivity index (χ3v) is 14.1. The Labute approximate surface area is 201 Å². The molecule has 3 nitrogen and oxygen atoms in total. The maximum atomic E-state index is 13.7. The van der Waals surface area contributed by atoms with E-state index in [-0.39, 0.29) is 38.6 Å². The van der Waals surface area contributed by atoms with Gasteiger partial charge in [-0.2, -0.15) is 0 Å². The van der Waals surface area contributed by atoms with Crippen LogP contribution >= 0.6 is 0 Å². The molecule has 0 aromatic heterocycles. The van der Waals surface area contributed by atoms with Crippen molar-refractivity contribution in [2.45, 2.75) is 118 Å². The molecule has 6 rings (SSSR count). The summed E-state index contributed by atoms with van der Waals surface area (Å²) in [5.74, 6) is 3.31. The molecule has 1 heterocycles. The van der Waals surface area contributed by atoms with Gasteiger partial charge in [-0.15, -0.1) is 0 Å². The van der Waals surface area contributed by atoms with Crippen LogP contribution in [0.4, 0.5) is 0 Å². The Bertz CT molecular complexity index is 922. The van der Waals surface area contributed by atoms with Crippen LogP contribution in [0.25, 0.3) is 0 Å². The number of hydrogen-bond acceptors (Lipinski definition) is 3. The molecule has 1 saturated heterocycles. The van der Waals surface area contributed by atoms with Crippen molar-refractivity contribution in [2.75, 3.05) is 0 Å². The van der Waals surface area contributed by atoms with Crippen molar-refractivity contribution in [2.24, 2.45) is 56.7 Å². The van der Waals surface area contributed by atoms with E-state index in [2.05, 4.69) is 48.5 Å². The highest BCUT2D eigenvalue weighted by atomic mass is 16.6. The number of rotatable bonds is 0. The fourth-order valence-corrected chi connectivity index (χ4v) is 12.0. The number of carbonyl (C=O) groups excluding carboxylic acids is 2. The third kappa shape index (κ3) is 2.22. The van der Waals surface area contributed by atoms with Crippen LogP contribution in [0.1, 0.15) is 113 Å². The zero-order chi connectivity index (χ0) is 23.8. The van der Waals surface area contributed by atoms with E-state index >= 15 is 0 Å². The van der Waals surface area contributed by atoms with Gasteiger partial charge in [0.1, 0.15) is 11.4 Å². The first kappa shape index (κ1) is 22.6. The van der Waals surface area contributed by atoms with Crippen molar-refractivity contribution in [1.29, 1.82) is 0 Å². The summed E-state index contributed by atoms with van der Waals surface area (Å²) in [4.78, 5) is 26.6. The molecule has 6 aliphatic rings. The minimum Gasteiger partial charge on any atom is -0.458 e. The van der Waals surface area contributed by atoms with E-state index < -0.39 is 0 Å². The quantitative estimate of drug-likeness (QED) is 0.371. The van der Waals surface area contributed by atoms with Crippen molar-refractivity contribution in [3.63, 3.8) is 0 Å². The van der Waals surface area contributed by atoms with Crippen LogP contribution in [0.2, 0.25) is 0 Å². The van der Waals surface area contributed by atoms with Crippen LogP contribution in [0.15, 0.2) is 0 Å².